The highest BCUT2D eigenvalue weighted by Crippen LogP contribution is 2.28. The molecule has 0 saturated heterocycles. The topological polar surface area (TPSA) is 51.2 Å². The van der Waals surface area contributed by atoms with Gasteiger partial charge in [0.2, 0.25) is 0 Å². The van der Waals surface area contributed by atoms with Crippen molar-refractivity contribution in [2.75, 3.05) is 12.4 Å². The Morgan fingerprint density at radius 3 is 2.84 bits per heavy atom. The van der Waals surface area contributed by atoms with Gasteiger partial charge in [0, 0.05) is 10.7 Å². The van der Waals surface area contributed by atoms with E-state index in [0.717, 1.165) is 10.0 Å². The molecule has 98 valence electrons. The first kappa shape index (κ1) is 13.5. The van der Waals surface area contributed by atoms with Crippen LogP contribution in [-0.2, 0) is 0 Å². The molecule has 0 fully saturated rings. The smallest absolute Gasteiger partial charge is 0.274 e. The van der Waals surface area contributed by atoms with Gasteiger partial charge in [-0.15, -0.1) is 0 Å². The first-order valence-corrected chi connectivity index (χ1v) is 6.47. The molecule has 0 aliphatic heterocycles. The summed E-state index contributed by atoms with van der Waals surface area (Å²) in [6.07, 6.45) is 1.60. The number of benzene rings is 1. The molecule has 0 radical (unpaired) electrons. The largest absolute Gasteiger partial charge is 0.495 e. The number of amides is 1. The lowest BCUT2D eigenvalue weighted by molar-refractivity contribution is 0.102. The third-order valence-electron chi connectivity index (χ3n) is 2.63. The Morgan fingerprint density at radius 1 is 1.37 bits per heavy atom. The Kier molecular flexibility index (Phi) is 4.16. The van der Waals surface area contributed by atoms with Crippen molar-refractivity contribution in [2.24, 2.45) is 0 Å². The van der Waals surface area contributed by atoms with E-state index in [1.165, 1.54) is 0 Å². The van der Waals surface area contributed by atoms with Crippen LogP contribution in [0.1, 0.15) is 16.1 Å². The van der Waals surface area contributed by atoms with Crippen LogP contribution in [0.15, 0.2) is 41.0 Å². The van der Waals surface area contributed by atoms with Crippen molar-refractivity contribution in [3.8, 4) is 5.75 Å². The van der Waals surface area contributed by atoms with Gasteiger partial charge in [0.15, 0.2) is 0 Å². The predicted molar refractivity (Wildman–Crippen MR) is 77.6 cm³/mol. The molecule has 0 unspecified atom stereocenters. The van der Waals surface area contributed by atoms with Gasteiger partial charge in [0.05, 0.1) is 12.8 Å². The highest BCUT2D eigenvalue weighted by atomic mass is 79.9. The lowest BCUT2D eigenvalue weighted by Crippen LogP contribution is -2.15. The average molecular weight is 321 g/mol. The lowest BCUT2D eigenvalue weighted by Gasteiger charge is -2.11. The van der Waals surface area contributed by atoms with E-state index in [1.54, 1.807) is 31.5 Å². The van der Waals surface area contributed by atoms with Crippen molar-refractivity contribution >= 4 is 27.5 Å². The first-order valence-electron chi connectivity index (χ1n) is 5.68. The van der Waals surface area contributed by atoms with Crippen LogP contribution < -0.4 is 10.1 Å². The number of pyridine rings is 1. The van der Waals surface area contributed by atoms with Gasteiger partial charge in [-0.1, -0.05) is 22.0 Å². The summed E-state index contributed by atoms with van der Waals surface area (Å²) in [5.74, 6) is 0.347. The molecule has 19 heavy (non-hydrogen) atoms. The summed E-state index contributed by atoms with van der Waals surface area (Å²) < 4.78 is 6.07. The van der Waals surface area contributed by atoms with Gasteiger partial charge >= 0.3 is 0 Å². The quantitative estimate of drug-likeness (QED) is 0.942. The molecular weight excluding hydrogens is 308 g/mol. The number of anilines is 1. The number of rotatable bonds is 3. The Balaban J connectivity index is 2.29. The van der Waals surface area contributed by atoms with Gasteiger partial charge < -0.3 is 10.1 Å². The van der Waals surface area contributed by atoms with Crippen LogP contribution in [0, 0.1) is 6.92 Å². The fourth-order valence-electron chi connectivity index (χ4n) is 1.68. The second-order valence-electron chi connectivity index (χ2n) is 3.97. The summed E-state index contributed by atoms with van der Waals surface area (Å²) in [7, 11) is 1.56. The van der Waals surface area contributed by atoms with Crippen LogP contribution in [0.25, 0.3) is 0 Å². The van der Waals surface area contributed by atoms with E-state index in [0.29, 0.717) is 17.1 Å². The molecule has 0 atom stereocenters. The summed E-state index contributed by atoms with van der Waals surface area (Å²) in [4.78, 5) is 16.3. The van der Waals surface area contributed by atoms with Crippen LogP contribution >= 0.6 is 15.9 Å². The number of nitrogens with zero attached hydrogens (tertiary/aromatic N) is 1. The van der Waals surface area contributed by atoms with Gasteiger partial charge in [-0.2, -0.15) is 0 Å². The van der Waals surface area contributed by atoms with Gasteiger partial charge in [0.25, 0.3) is 5.91 Å². The predicted octanol–water partition coefficient (Wildman–Crippen LogP) is 3.41. The molecule has 2 aromatic rings. The van der Waals surface area contributed by atoms with Crippen LogP contribution in [0.4, 0.5) is 5.69 Å². The summed E-state index contributed by atoms with van der Waals surface area (Å²) in [6.45, 7) is 1.85. The van der Waals surface area contributed by atoms with Crippen molar-refractivity contribution in [3.05, 3.63) is 52.3 Å². The Morgan fingerprint density at radius 2 is 2.16 bits per heavy atom. The van der Waals surface area contributed by atoms with Crippen molar-refractivity contribution in [1.29, 1.82) is 0 Å². The molecule has 0 aliphatic carbocycles. The number of methoxy groups -OCH3 is 1. The maximum atomic E-state index is 12.2. The second-order valence-corrected chi connectivity index (χ2v) is 4.88. The molecule has 0 saturated carbocycles. The number of carbonyl (C=O) groups excluding carboxylic acids is 1. The van der Waals surface area contributed by atoms with Crippen LogP contribution in [0.2, 0.25) is 0 Å². The third kappa shape index (κ3) is 3.12. The maximum absolute atomic E-state index is 12.2. The molecular formula is C14H13BrN2O2. The Labute approximate surface area is 119 Å². The SMILES string of the molecule is COc1ccc(Br)cc1NC(=O)c1ncccc1C. The first-order chi connectivity index (χ1) is 9.11. The molecule has 1 heterocycles. The lowest BCUT2D eigenvalue weighted by atomic mass is 10.2. The fraction of sp³-hybridized carbons (Fsp3) is 0.143. The molecule has 0 spiro atoms. The highest BCUT2D eigenvalue weighted by molar-refractivity contribution is 9.10. The molecule has 2 rings (SSSR count). The average Bonchev–Trinajstić information content (AvgIpc) is 2.39. The Bertz CT molecular complexity index is 614. The molecule has 4 nitrogen and oxygen atoms in total. The van der Waals surface area contributed by atoms with Crippen molar-refractivity contribution < 1.29 is 9.53 Å². The zero-order chi connectivity index (χ0) is 13.8. The van der Waals surface area contributed by atoms with E-state index < -0.39 is 0 Å². The van der Waals surface area contributed by atoms with Gasteiger partial charge in [-0.25, -0.2) is 0 Å². The number of aromatic nitrogens is 1. The van der Waals surface area contributed by atoms with Crippen LogP contribution in [0.3, 0.4) is 0 Å². The summed E-state index contributed by atoms with van der Waals surface area (Å²) in [5.41, 5.74) is 1.84. The number of hydrogen-bond donors (Lipinski definition) is 1. The minimum Gasteiger partial charge on any atom is -0.495 e. The number of nitrogens with one attached hydrogen (secondary N) is 1. The van der Waals surface area contributed by atoms with Crippen molar-refractivity contribution in [2.45, 2.75) is 6.92 Å². The van der Waals surface area contributed by atoms with Gasteiger partial charge in [-0.3, -0.25) is 9.78 Å². The van der Waals surface area contributed by atoms with Crippen LogP contribution in [-0.4, -0.2) is 18.0 Å². The number of halogens is 1. The molecule has 1 amide bonds. The summed E-state index contributed by atoms with van der Waals surface area (Å²) in [6, 6.07) is 9.06. The summed E-state index contributed by atoms with van der Waals surface area (Å²) >= 11 is 3.36. The monoisotopic (exact) mass is 320 g/mol. The minimum atomic E-state index is -0.255. The van der Waals surface area contributed by atoms with E-state index in [1.807, 2.05) is 19.1 Å². The number of ether oxygens (including phenoxy) is 1. The maximum Gasteiger partial charge on any atom is 0.274 e. The standard InChI is InChI=1S/C14H13BrN2O2/c1-9-4-3-7-16-13(9)14(18)17-11-8-10(15)5-6-12(11)19-2/h3-8H,1-2H3,(H,17,18). The van der Waals surface area contributed by atoms with E-state index in [4.69, 9.17) is 4.74 Å². The molecule has 1 aromatic carbocycles. The van der Waals surface area contributed by atoms with E-state index in [2.05, 4.69) is 26.2 Å². The molecule has 5 heteroatoms. The van der Waals surface area contributed by atoms with Gasteiger partial charge in [-0.05, 0) is 36.8 Å². The van der Waals surface area contributed by atoms with Crippen molar-refractivity contribution in [1.82, 2.24) is 4.98 Å². The number of aryl methyl sites for hydroxylation is 1. The molecule has 1 N–H and O–H groups in total. The summed E-state index contributed by atoms with van der Waals surface area (Å²) in [5, 5.41) is 2.80. The zero-order valence-electron chi connectivity index (χ0n) is 10.6. The molecule has 1 aromatic heterocycles. The van der Waals surface area contributed by atoms with Crippen molar-refractivity contribution in [3.63, 3.8) is 0 Å². The number of carbonyl (C=O) groups is 1. The van der Waals surface area contributed by atoms with Crippen LogP contribution in [0.5, 0.6) is 5.75 Å². The molecule has 0 bridgehead atoms. The van der Waals surface area contributed by atoms with E-state index >= 15 is 0 Å². The second kappa shape index (κ2) is 5.84. The normalized spacial score (nSPS) is 10.1. The minimum absolute atomic E-state index is 0.255. The fourth-order valence-corrected chi connectivity index (χ4v) is 2.04. The highest BCUT2D eigenvalue weighted by Gasteiger charge is 2.13. The zero-order valence-corrected chi connectivity index (χ0v) is 12.2. The van der Waals surface area contributed by atoms with E-state index in [-0.39, 0.29) is 5.91 Å². The number of hydrogen-bond acceptors (Lipinski definition) is 3. The van der Waals surface area contributed by atoms with Gasteiger partial charge in [0.1, 0.15) is 11.4 Å². The van der Waals surface area contributed by atoms with E-state index in [9.17, 15) is 4.79 Å². The Hall–Kier alpha value is -1.88. The molecule has 0 aliphatic rings. The third-order valence-corrected chi connectivity index (χ3v) is 3.13.